The van der Waals surface area contributed by atoms with Crippen molar-refractivity contribution in [3.63, 3.8) is 0 Å². The molecule has 2 heterocycles. The third-order valence-electron chi connectivity index (χ3n) is 5.76. The zero-order chi connectivity index (χ0) is 23.4. The normalized spacial score (nSPS) is 18.4. The zero-order valence-corrected chi connectivity index (χ0v) is 19.0. The summed E-state index contributed by atoms with van der Waals surface area (Å²) in [4.78, 5) is 38.8. The van der Waals surface area contributed by atoms with E-state index in [-0.39, 0.29) is 24.0 Å². The Morgan fingerprint density at radius 2 is 1.73 bits per heavy atom. The zero-order valence-electron chi connectivity index (χ0n) is 19.0. The van der Waals surface area contributed by atoms with Crippen LogP contribution < -0.4 is 11.1 Å². The van der Waals surface area contributed by atoms with Crippen LogP contribution in [0, 0.1) is 0 Å². The Labute approximate surface area is 192 Å². The maximum absolute atomic E-state index is 12.8. The van der Waals surface area contributed by atoms with Crippen molar-refractivity contribution in [1.29, 1.82) is 0 Å². The van der Waals surface area contributed by atoms with Gasteiger partial charge >= 0.3 is 5.76 Å². The van der Waals surface area contributed by atoms with Gasteiger partial charge in [-0.15, -0.1) is 0 Å². The van der Waals surface area contributed by atoms with Gasteiger partial charge in [-0.3, -0.25) is 14.2 Å². The number of fused-ring (bicyclic) bond motifs is 1. The first-order valence-corrected chi connectivity index (χ1v) is 11.3. The molecule has 1 saturated heterocycles. The van der Waals surface area contributed by atoms with Crippen LogP contribution in [-0.2, 0) is 22.6 Å². The summed E-state index contributed by atoms with van der Waals surface area (Å²) in [6, 6.07) is 14.6. The second-order valence-corrected chi connectivity index (χ2v) is 8.53. The van der Waals surface area contributed by atoms with Gasteiger partial charge in [0.2, 0.25) is 5.91 Å². The summed E-state index contributed by atoms with van der Waals surface area (Å²) in [7, 11) is 0. The Morgan fingerprint density at radius 1 is 1.03 bits per heavy atom. The Kier molecular flexibility index (Phi) is 6.93. The number of aryl methyl sites for hydroxylation is 1. The molecule has 0 spiro atoms. The minimum Gasteiger partial charge on any atom is -0.408 e. The Balaban J connectivity index is 1.24. The molecular weight excluding hydrogens is 422 g/mol. The van der Waals surface area contributed by atoms with Crippen molar-refractivity contribution in [2.75, 3.05) is 13.1 Å². The van der Waals surface area contributed by atoms with Gasteiger partial charge in [-0.1, -0.05) is 24.3 Å². The van der Waals surface area contributed by atoms with Crippen LogP contribution in [0.2, 0.25) is 0 Å². The predicted molar refractivity (Wildman–Crippen MR) is 124 cm³/mol. The summed E-state index contributed by atoms with van der Waals surface area (Å²) in [6.45, 7) is 5.91. The number of aromatic nitrogens is 1. The van der Waals surface area contributed by atoms with Gasteiger partial charge < -0.3 is 19.4 Å². The van der Waals surface area contributed by atoms with Gasteiger partial charge in [0, 0.05) is 38.2 Å². The summed E-state index contributed by atoms with van der Waals surface area (Å²) in [5.41, 5.74) is 2.83. The maximum Gasteiger partial charge on any atom is 0.419 e. The van der Waals surface area contributed by atoms with Crippen LogP contribution in [0.5, 0.6) is 0 Å². The second-order valence-electron chi connectivity index (χ2n) is 8.53. The fourth-order valence-corrected chi connectivity index (χ4v) is 4.20. The highest BCUT2D eigenvalue weighted by atomic mass is 16.5. The first-order chi connectivity index (χ1) is 15.9. The highest BCUT2D eigenvalue weighted by molar-refractivity contribution is 5.94. The van der Waals surface area contributed by atoms with Crippen LogP contribution in [0.15, 0.2) is 57.7 Å². The number of nitrogens with zero attached hydrogens (tertiary/aromatic N) is 2. The number of ether oxygens (including phenoxy) is 1. The lowest BCUT2D eigenvalue weighted by atomic mass is 10.1. The monoisotopic (exact) mass is 451 g/mol. The molecule has 2 aromatic carbocycles. The lowest BCUT2D eigenvalue weighted by Gasteiger charge is -2.35. The molecule has 0 aliphatic carbocycles. The van der Waals surface area contributed by atoms with E-state index in [0.29, 0.717) is 50.2 Å². The van der Waals surface area contributed by atoms with Crippen molar-refractivity contribution in [1.82, 2.24) is 14.8 Å². The predicted octanol–water partition coefficient (Wildman–Crippen LogP) is 2.94. The Bertz CT molecular complexity index is 1170. The molecule has 1 fully saturated rings. The van der Waals surface area contributed by atoms with Crippen molar-refractivity contribution in [2.45, 2.75) is 52.0 Å². The standard InChI is InChI=1S/C25H29N3O5/c1-17-15-27(16-18(2)32-17)24(30)20-11-9-19(10-12-20)14-26-23(29)8-5-13-28-21-6-3-4-7-22(21)33-25(28)31/h3-4,6-7,9-12,17-18H,5,8,13-16H2,1-2H3,(H,26,29). The highest BCUT2D eigenvalue weighted by Gasteiger charge is 2.26. The Morgan fingerprint density at radius 3 is 2.45 bits per heavy atom. The largest absolute Gasteiger partial charge is 0.419 e. The van der Waals surface area contributed by atoms with Gasteiger partial charge in [-0.2, -0.15) is 0 Å². The van der Waals surface area contributed by atoms with Crippen LogP contribution in [-0.4, -0.2) is 46.6 Å². The lowest BCUT2D eigenvalue weighted by Crippen LogP contribution is -2.48. The van der Waals surface area contributed by atoms with Gasteiger partial charge in [-0.25, -0.2) is 4.79 Å². The summed E-state index contributed by atoms with van der Waals surface area (Å²) in [5, 5.41) is 2.89. The van der Waals surface area contributed by atoms with Gasteiger partial charge in [-0.05, 0) is 50.1 Å². The average molecular weight is 452 g/mol. The van der Waals surface area contributed by atoms with Crippen molar-refractivity contribution in [2.24, 2.45) is 0 Å². The number of oxazole rings is 1. The molecule has 0 radical (unpaired) electrons. The summed E-state index contributed by atoms with van der Waals surface area (Å²) < 4.78 is 12.5. The quantitative estimate of drug-likeness (QED) is 0.596. The summed E-state index contributed by atoms with van der Waals surface area (Å²) in [6.07, 6.45) is 0.880. The molecule has 1 aliphatic heterocycles. The number of benzene rings is 2. The third kappa shape index (κ3) is 5.51. The van der Waals surface area contributed by atoms with Gasteiger partial charge in [0.25, 0.3) is 5.91 Å². The molecule has 8 nitrogen and oxygen atoms in total. The number of amides is 2. The minimum absolute atomic E-state index is 0.00500. The van der Waals surface area contributed by atoms with Crippen LogP contribution in [0.1, 0.15) is 42.6 Å². The van der Waals surface area contributed by atoms with E-state index in [1.807, 2.05) is 49.1 Å². The number of carbonyl (C=O) groups excluding carboxylic acids is 2. The summed E-state index contributed by atoms with van der Waals surface area (Å²) in [5.74, 6) is -0.505. The molecular formula is C25H29N3O5. The molecule has 1 aromatic heterocycles. The van der Waals surface area contributed by atoms with Gasteiger partial charge in [0.1, 0.15) is 0 Å². The molecule has 2 atom stereocenters. The minimum atomic E-state index is -0.410. The van der Waals surface area contributed by atoms with E-state index in [9.17, 15) is 14.4 Å². The third-order valence-corrected chi connectivity index (χ3v) is 5.76. The number of morpholine rings is 1. The molecule has 33 heavy (non-hydrogen) atoms. The second kappa shape index (κ2) is 10.0. The van der Waals surface area contributed by atoms with Crippen LogP contribution >= 0.6 is 0 Å². The number of hydrogen-bond acceptors (Lipinski definition) is 5. The molecule has 4 rings (SSSR count). The molecule has 8 heteroatoms. The van der Waals surface area contributed by atoms with Crippen molar-refractivity contribution in [3.05, 3.63) is 70.2 Å². The van der Waals surface area contributed by atoms with E-state index in [2.05, 4.69) is 5.32 Å². The molecule has 1 N–H and O–H groups in total. The van der Waals surface area contributed by atoms with Gasteiger partial charge in [0.15, 0.2) is 5.58 Å². The highest BCUT2D eigenvalue weighted by Crippen LogP contribution is 2.15. The molecule has 0 saturated carbocycles. The Hall–Kier alpha value is -3.39. The molecule has 2 unspecified atom stereocenters. The van der Waals surface area contributed by atoms with Crippen molar-refractivity contribution >= 4 is 22.9 Å². The molecule has 1 aliphatic rings. The molecule has 3 aromatic rings. The van der Waals surface area contributed by atoms with Crippen LogP contribution in [0.25, 0.3) is 11.1 Å². The van der Waals surface area contributed by atoms with Crippen LogP contribution in [0.3, 0.4) is 0 Å². The van der Waals surface area contributed by atoms with E-state index in [4.69, 9.17) is 9.15 Å². The van der Waals surface area contributed by atoms with Crippen molar-refractivity contribution in [3.8, 4) is 0 Å². The lowest BCUT2D eigenvalue weighted by molar-refractivity contribution is -0.121. The van der Waals surface area contributed by atoms with E-state index in [0.717, 1.165) is 11.1 Å². The first kappa shape index (κ1) is 22.8. The van der Waals surface area contributed by atoms with E-state index in [1.165, 1.54) is 0 Å². The number of para-hydroxylation sites is 2. The first-order valence-electron chi connectivity index (χ1n) is 11.3. The smallest absolute Gasteiger partial charge is 0.408 e. The molecule has 174 valence electrons. The summed E-state index contributed by atoms with van der Waals surface area (Å²) >= 11 is 0. The topological polar surface area (TPSA) is 93.8 Å². The van der Waals surface area contributed by atoms with E-state index in [1.54, 1.807) is 22.8 Å². The van der Waals surface area contributed by atoms with E-state index < -0.39 is 5.76 Å². The fraction of sp³-hybridized carbons (Fsp3) is 0.400. The number of nitrogens with one attached hydrogen (secondary N) is 1. The maximum atomic E-state index is 12.8. The SMILES string of the molecule is CC1CN(C(=O)c2ccc(CNC(=O)CCCn3c(=O)oc4ccccc43)cc2)CC(C)O1. The molecule has 2 amide bonds. The number of rotatable bonds is 7. The number of carbonyl (C=O) groups is 2. The number of hydrogen-bond donors (Lipinski definition) is 1. The van der Waals surface area contributed by atoms with E-state index >= 15 is 0 Å². The van der Waals surface area contributed by atoms with Crippen molar-refractivity contribution < 1.29 is 18.7 Å². The fourth-order valence-electron chi connectivity index (χ4n) is 4.20. The average Bonchev–Trinajstić information content (AvgIpc) is 3.12. The van der Waals surface area contributed by atoms with Gasteiger partial charge in [0.05, 0.1) is 17.7 Å². The molecule has 0 bridgehead atoms. The van der Waals surface area contributed by atoms with Crippen LogP contribution in [0.4, 0.5) is 0 Å².